The van der Waals surface area contributed by atoms with Crippen LogP contribution in [0.1, 0.15) is 17.3 Å². The number of esters is 1. The van der Waals surface area contributed by atoms with Crippen molar-refractivity contribution in [1.82, 2.24) is 4.57 Å². The lowest BCUT2D eigenvalue weighted by Crippen LogP contribution is -2.26. The number of ether oxygens (including phenoxy) is 1. The van der Waals surface area contributed by atoms with Crippen molar-refractivity contribution < 1.29 is 14.5 Å². The number of hydrogen-bond donors (Lipinski definition) is 0. The van der Waals surface area contributed by atoms with E-state index < -0.39 is 16.5 Å². The van der Waals surface area contributed by atoms with Gasteiger partial charge in [0.1, 0.15) is 5.56 Å². The highest BCUT2D eigenvalue weighted by atomic mass is 16.6. The summed E-state index contributed by atoms with van der Waals surface area (Å²) < 4.78 is 5.46. The second kappa shape index (κ2) is 4.56. The average Bonchev–Trinajstić information content (AvgIpc) is 2.28. The van der Waals surface area contributed by atoms with E-state index in [0.29, 0.717) is 0 Å². The molecule has 1 heterocycles. The van der Waals surface area contributed by atoms with Gasteiger partial charge in [-0.15, -0.1) is 0 Å². The van der Waals surface area contributed by atoms with Gasteiger partial charge in [-0.1, -0.05) is 0 Å². The van der Waals surface area contributed by atoms with Crippen LogP contribution < -0.4 is 5.56 Å². The van der Waals surface area contributed by atoms with E-state index >= 15 is 0 Å². The van der Waals surface area contributed by atoms with Gasteiger partial charge in [0.25, 0.3) is 11.2 Å². The zero-order valence-electron chi connectivity index (χ0n) is 8.80. The molecule has 0 saturated carbocycles. The van der Waals surface area contributed by atoms with E-state index in [0.717, 1.165) is 23.9 Å². The van der Waals surface area contributed by atoms with E-state index in [9.17, 15) is 19.7 Å². The minimum atomic E-state index is -0.879. The minimum Gasteiger partial charge on any atom is -0.465 e. The molecule has 0 unspecified atom stereocenters. The standard InChI is InChI=1S/C9H10N2O5/c1-3-10-5-6(11(14)15)4-7(8(10)12)9(13)16-2/h4-5H,3H2,1-2H3. The Labute approximate surface area is 90.4 Å². The quantitative estimate of drug-likeness (QED) is 0.426. The number of pyridine rings is 1. The largest absolute Gasteiger partial charge is 0.465 e. The molecule has 0 N–H and O–H groups in total. The third-order valence-corrected chi connectivity index (χ3v) is 2.03. The number of carbonyl (C=O) groups is 1. The van der Waals surface area contributed by atoms with Crippen LogP contribution in [0.2, 0.25) is 0 Å². The van der Waals surface area contributed by atoms with Gasteiger partial charge in [0.05, 0.1) is 18.2 Å². The summed E-state index contributed by atoms with van der Waals surface area (Å²) in [6.07, 6.45) is 1.09. The maximum atomic E-state index is 11.6. The number of methoxy groups -OCH3 is 1. The molecule has 0 saturated heterocycles. The minimum absolute atomic E-state index is 0.241. The Hall–Kier alpha value is -2.18. The van der Waals surface area contributed by atoms with Gasteiger partial charge >= 0.3 is 5.97 Å². The summed E-state index contributed by atoms with van der Waals surface area (Å²) in [6.45, 7) is 1.89. The van der Waals surface area contributed by atoms with Gasteiger partial charge in [0, 0.05) is 12.6 Å². The maximum absolute atomic E-state index is 11.6. The van der Waals surface area contributed by atoms with Gasteiger partial charge in [-0.05, 0) is 6.92 Å². The molecule has 0 fully saturated rings. The second-order valence-electron chi connectivity index (χ2n) is 2.95. The van der Waals surface area contributed by atoms with E-state index in [1.165, 1.54) is 0 Å². The molecule has 0 radical (unpaired) electrons. The Morgan fingerprint density at radius 1 is 1.62 bits per heavy atom. The first-order chi connectivity index (χ1) is 7.51. The molecule has 0 aliphatic rings. The molecular formula is C9H10N2O5. The van der Waals surface area contributed by atoms with Gasteiger partial charge in [0.15, 0.2) is 0 Å². The summed E-state index contributed by atoms with van der Waals surface area (Å²) in [4.78, 5) is 32.7. The third-order valence-electron chi connectivity index (χ3n) is 2.03. The lowest BCUT2D eigenvalue weighted by molar-refractivity contribution is -0.385. The van der Waals surface area contributed by atoms with Crippen LogP contribution in [0.3, 0.4) is 0 Å². The monoisotopic (exact) mass is 226 g/mol. The molecule has 1 aromatic rings. The van der Waals surface area contributed by atoms with Crippen LogP contribution in [0.5, 0.6) is 0 Å². The SMILES string of the molecule is CCn1cc([N+](=O)[O-])cc(C(=O)OC)c1=O. The van der Waals surface area contributed by atoms with Gasteiger partial charge in [-0.2, -0.15) is 0 Å². The van der Waals surface area contributed by atoms with E-state index in [1.807, 2.05) is 0 Å². The number of hydrogen-bond acceptors (Lipinski definition) is 5. The van der Waals surface area contributed by atoms with Crippen molar-refractivity contribution >= 4 is 11.7 Å². The Morgan fingerprint density at radius 3 is 2.69 bits per heavy atom. The molecule has 16 heavy (non-hydrogen) atoms. The Kier molecular flexibility index (Phi) is 3.39. The zero-order chi connectivity index (χ0) is 12.3. The fraction of sp³-hybridized carbons (Fsp3) is 0.333. The molecule has 1 rings (SSSR count). The van der Waals surface area contributed by atoms with E-state index in [-0.39, 0.29) is 17.8 Å². The summed E-state index contributed by atoms with van der Waals surface area (Å²) in [5.41, 5.74) is -1.25. The van der Waals surface area contributed by atoms with Crippen LogP contribution >= 0.6 is 0 Å². The van der Waals surface area contributed by atoms with Crippen molar-refractivity contribution in [1.29, 1.82) is 0 Å². The molecule has 0 bridgehead atoms. The highest BCUT2D eigenvalue weighted by Gasteiger charge is 2.18. The molecule has 0 aliphatic heterocycles. The first-order valence-corrected chi connectivity index (χ1v) is 4.48. The lowest BCUT2D eigenvalue weighted by atomic mass is 10.2. The summed E-state index contributed by atoms with van der Waals surface area (Å²) in [5.74, 6) is -0.879. The van der Waals surface area contributed by atoms with Crippen LogP contribution in [0.4, 0.5) is 5.69 Å². The van der Waals surface area contributed by atoms with Gasteiger partial charge in [0.2, 0.25) is 0 Å². The van der Waals surface area contributed by atoms with Crippen molar-refractivity contribution in [2.45, 2.75) is 13.5 Å². The molecule has 0 amide bonds. The number of nitro groups is 1. The molecule has 1 aromatic heterocycles. The molecule has 0 aromatic carbocycles. The number of nitrogens with zero attached hydrogens (tertiary/aromatic N) is 2. The van der Waals surface area contributed by atoms with Gasteiger partial charge in [-0.3, -0.25) is 14.9 Å². The second-order valence-corrected chi connectivity index (χ2v) is 2.95. The van der Waals surface area contributed by atoms with Crippen molar-refractivity contribution in [2.24, 2.45) is 0 Å². The van der Waals surface area contributed by atoms with Crippen molar-refractivity contribution in [2.75, 3.05) is 7.11 Å². The van der Waals surface area contributed by atoms with E-state index in [2.05, 4.69) is 4.74 Å². The van der Waals surface area contributed by atoms with Crippen molar-refractivity contribution in [3.05, 3.63) is 38.3 Å². The topological polar surface area (TPSA) is 91.4 Å². The van der Waals surface area contributed by atoms with E-state index in [1.54, 1.807) is 6.92 Å². The molecule has 7 heteroatoms. The Bertz CT molecular complexity index is 491. The summed E-state index contributed by atoms with van der Waals surface area (Å²) in [5, 5.41) is 10.6. The van der Waals surface area contributed by atoms with Gasteiger partial charge in [-0.25, -0.2) is 4.79 Å². The normalized spacial score (nSPS) is 9.88. The fourth-order valence-electron chi connectivity index (χ4n) is 1.21. The maximum Gasteiger partial charge on any atom is 0.343 e. The Balaban J connectivity index is 3.48. The number of aryl methyl sites for hydroxylation is 1. The molecular weight excluding hydrogens is 216 g/mol. The Morgan fingerprint density at radius 2 is 2.25 bits per heavy atom. The third kappa shape index (κ3) is 2.08. The number of aromatic nitrogens is 1. The van der Waals surface area contributed by atoms with Crippen LogP contribution in [-0.4, -0.2) is 22.6 Å². The molecule has 7 nitrogen and oxygen atoms in total. The lowest BCUT2D eigenvalue weighted by Gasteiger charge is -2.04. The predicted octanol–water partition coefficient (Wildman–Crippen LogP) is 0.563. The summed E-state index contributed by atoms with van der Waals surface area (Å²) in [7, 11) is 1.11. The molecule has 0 atom stereocenters. The molecule has 86 valence electrons. The first kappa shape index (κ1) is 11.9. The zero-order valence-corrected chi connectivity index (χ0v) is 8.80. The smallest absolute Gasteiger partial charge is 0.343 e. The molecule has 0 aliphatic carbocycles. The molecule has 0 spiro atoms. The fourth-order valence-corrected chi connectivity index (χ4v) is 1.21. The first-order valence-electron chi connectivity index (χ1n) is 4.48. The summed E-state index contributed by atoms with van der Waals surface area (Å²) >= 11 is 0. The summed E-state index contributed by atoms with van der Waals surface area (Å²) in [6, 6.07) is 0.917. The van der Waals surface area contributed by atoms with Crippen molar-refractivity contribution in [3.8, 4) is 0 Å². The average molecular weight is 226 g/mol. The van der Waals surface area contributed by atoms with Crippen LogP contribution in [0, 0.1) is 10.1 Å². The van der Waals surface area contributed by atoms with Crippen LogP contribution in [0.25, 0.3) is 0 Å². The van der Waals surface area contributed by atoms with Crippen LogP contribution in [0.15, 0.2) is 17.1 Å². The predicted molar refractivity (Wildman–Crippen MR) is 54.4 cm³/mol. The van der Waals surface area contributed by atoms with E-state index in [4.69, 9.17) is 0 Å². The van der Waals surface area contributed by atoms with Gasteiger partial charge < -0.3 is 9.30 Å². The number of carbonyl (C=O) groups excluding carboxylic acids is 1. The number of rotatable bonds is 3. The highest BCUT2D eigenvalue weighted by molar-refractivity contribution is 5.89. The van der Waals surface area contributed by atoms with Crippen molar-refractivity contribution in [3.63, 3.8) is 0 Å². The highest BCUT2D eigenvalue weighted by Crippen LogP contribution is 2.10. The van der Waals surface area contributed by atoms with Crippen LogP contribution in [-0.2, 0) is 11.3 Å².